The molecule has 0 N–H and O–H groups in total. The molecule has 0 atom stereocenters. The van der Waals surface area contributed by atoms with Crippen molar-refractivity contribution in [1.82, 2.24) is 0 Å². The first-order valence-electron chi connectivity index (χ1n) is 7.50. The van der Waals surface area contributed by atoms with E-state index in [2.05, 4.69) is 6.92 Å². The van der Waals surface area contributed by atoms with Gasteiger partial charge in [-0.3, -0.25) is 9.59 Å². The van der Waals surface area contributed by atoms with Gasteiger partial charge in [0.05, 0.1) is 0 Å². The van der Waals surface area contributed by atoms with Gasteiger partial charge in [0.2, 0.25) is 0 Å². The molecule has 3 nitrogen and oxygen atoms in total. The summed E-state index contributed by atoms with van der Waals surface area (Å²) < 4.78 is 5.05. The fourth-order valence-corrected chi connectivity index (χ4v) is 2.12. The normalized spacial score (nSPS) is 10.2. The van der Waals surface area contributed by atoms with Gasteiger partial charge in [-0.05, 0) is 24.0 Å². The van der Waals surface area contributed by atoms with Crippen LogP contribution in [0.3, 0.4) is 0 Å². The number of ketones is 1. The molecule has 0 aliphatic heterocycles. The molecule has 2 aromatic rings. The molecule has 0 unspecified atom stereocenters. The van der Waals surface area contributed by atoms with E-state index in [0.717, 1.165) is 12.0 Å². The Labute approximate surface area is 130 Å². The molecule has 2 rings (SSSR count). The molecule has 114 valence electrons. The van der Waals surface area contributed by atoms with Crippen molar-refractivity contribution < 1.29 is 14.3 Å². The highest BCUT2D eigenvalue weighted by atomic mass is 16.5. The lowest BCUT2D eigenvalue weighted by Crippen LogP contribution is -2.14. The number of hydrogen-bond acceptors (Lipinski definition) is 3. The largest absolute Gasteiger partial charge is 0.457 e. The van der Waals surface area contributed by atoms with E-state index in [1.54, 1.807) is 12.1 Å². The summed E-state index contributed by atoms with van der Waals surface area (Å²) in [6.07, 6.45) is 1.84. The molecule has 3 heteroatoms. The van der Waals surface area contributed by atoms with E-state index in [1.807, 2.05) is 42.5 Å². The van der Waals surface area contributed by atoms with Crippen LogP contribution in [0, 0.1) is 0 Å². The summed E-state index contributed by atoms with van der Waals surface area (Å²) in [4.78, 5) is 23.6. The lowest BCUT2D eigenvalue weighted by molar-refractivity contribution is -0.142. The Kier molecular flexibility index (Phi) is 5.90. The predicted molar refractivity (Wildman–Crippen MR) is 85.9 cm³/mol. The number of aryl methyl sites for hydroxylation is 2. The molecule has 0 heterocycles. The number of Topliss-reactive ketones (excluding diaryl/α,β-unsaturated/α-hetero) is 1. The van der Waals surface area contributed by atoms with Crippen LogP contribution in [-0.4, -0.2) is 18.4 Å². The number of carbonyl (C=O) groups is 2. The number of carbonyl (C=O) groups excluding carboxylic acids is 2. The van der Waals surface area contributed by atoms with Gasteiger partial charge >= 0.3 is 5.97 Å². The van der Waals surface area contributed by atoms with Crippen molar-refractivity contribution in [2.75, 3.05) is 6.61 Å². The van der Waals surface area contributed by atoms with Gasteiger partial charge in [0.1, 0.15) is 0 Å². The second kappa shape index (κ2) is 8.13. The van der Waals surface area contributed by atoms with Crippen LogP contribution in [0.4, 0.5) is 0 Å². The minimum absolute atomic E-state index is 0.171. The van der Waals surface area contributed by atoms with Gasteiger partial charge in [0.15, 0.2) is 12.4 Å². The van der Waals surface area contributed by atoms with Crippen LogP contribution < -0.4 is 0 Å². The summed E-state index contributed by atoms with van der Waals surface area (Å²) in [6, 6.07) is 17.1. The average molecular weight is 296 g/mol. The van der Waals surface area contributed by atoms with Crippen LogP contribution >= 0.6 is 0 Å². The topological polar surface area (TPSA) is 43.4 Å². The standard InChI is InChI=1S/C19H20O3/c1-2-15-8-11-17(12-9-15)18(20)14-22-19(21)13-10-16-6-4-3-5-7-16/h3-9,11-12H,2,10,13-14H2,1H3. The number of benzene rings is 2. The zero-order chi connectivity index (χ0) is 15.8. The van der Waals surface area contributed by atoms with Crippen molar-refractivity contribution >= 4 is 11.8 Å². The van der Waals surface area contributed by atoms with Crippen LogP contribution in [0.2, 0.25) is 0 Å². The van der Waals surface area contributed by atoms with Crippen molar-refractivity contribution in [3.63, 3.8) is 0 Å². The molecule has 0 fully saturated rings. The van der Waals surface area contributed by atoms with Crippen molar-refractivity contribution in [2.24, 2.45) is 0 Å². The van der Waals surface area contributed by atoms with Crippen LogP contribution in [0.1, 0.15) is 34.8 Å². The Hall–Kier alpha value is -2.42. The van der Waals surface area contributed by atoms with E-state index >= 15 is 0 Å². The van der Waals surface area contributed by atoms with Gasteiger partial charge in [-0.15, -0.1) is 0 Å². The molecule has 0 saturated heterocycles. The fourth-order valence-electron chi connectivity index (χ4n) is 2.12. The van der Waals surface area contributed by atoms with Crippen molar-refractivity contribution in [2.45, 2.75) is 26.2 Å². The third-order valence-electron chi connectivity index (χ3n) is 3.51. The number of ether oxygens (including phenoxy) is 1. The van der Waals surface area contributed by atoms with Gasteiger partial charge in [0, 0.05) is 12.0 Å². The Bertz CT molecular complexity index is 615. The molecule has 0 bridgehead atoms. The highest BCUT2D eigenvalue weighted by Gasteiger charge is 2.10. The molecule has 0 aliphatic carbocycles. The molecule has 0 radical (unpaired) electrons. The summed E-state index contributed by atoms with van der Waals surface area (Å²) >= 11 is 0. The SMILES string of the molecule is CCc1ccc(C(=O)COC(=O)CCc2ccccc2)cc1. The van der Waals surface area contributed by atoms with Crippen LogP contribution in [0.5, 0.6) is 0 Å². The fraction of sp³-hybridized carbons (Fsp3) is 0.263. The third kappa shape index (κ3) is 4.85. The molecular weight excluding hydrogens is 276 g/mol. The third-order valence-corrected chi connectivity index (χ3v) is 3.51. The Morgan fingerprint density at radius 1 is 0.909 bits per heavy atom. The van der Waals surface area contributed by atoms with Crippen molar-refractivity contribution in [3.05, 3.63) is 71.3 Å². The maximum atomic E-state index is 11.9. The van der Waals surface area contributed by atoms with Crippen LogP contribution in [0.15, 0.2) is 54.6 Å². The molecular formula is C19H20O3. The summed E-state index contributed by atoms with van der Waals surface area (Å²) in [6.45, 7) is 1.87. The first kappa shape index (κ1) is 16.0. The smallest absolute Gasteiger partial charge is 0.306 e. The first-order valence-corrected chi connectivity index (χ1v) is 7.50. The van der Waals surface area contributed by atoms with E-state index in [-0.39, 0.29) is 24.8 Å². The summed E-state index contributed by atoms with van der Waals surface area (Å²) in [7, 11) is 0. The molecule has 2 aromatic carbocycles. The van der Waals surface area contributed by atoms with E-state index in [1.165, 1.54) is 5.56 Å². The van der Waals surface area contributed by atoms with Crippen LogP contribution in [0.25, 0.3) is 0 Å². The molecule has 0 aliphatic rings. The van der Waals surface area contributed by atoms with Gasteiger partial charge < -0.3 is 4.74 Å². The van der Waals surface area contributed by atoms with Crippen molar-refractivity contribution in [1.29, 1.82) is 0 Å². The highest BCUT2D eigenvalue weighted by Crippen LogP contribution is 2.07. The Morgan fingerprint density at radius 3 is 2.23 bits per heavy atom. The van der Waals surface area contributed by atoms with Gasteiger partial charge in [-0.1, -0.05) is 61.5 Å². The zero-order valence-electron chi connectivity index (χ0n) is 12.7. The van der Waals surface area contributed by atoms with Gasteiger partial charge in [0.25, 0.3) is 0 Å². The molecule has 0 amide bonds. The molecule has 0 spiro atoms. The zero-order valence-corrected chi connectivity index (χ0v) is 12.7. The highest BCUT2D eigenvalue weighted by molar-refractivity contribution is 5.97. The minimum Gasteiger partial charge on any atom is -0.457 e. The summed E-state index contributed by atoms with van der Waals surface area (Å²) in [5.74, 6) is -0.516. The van der Waals surface area contributed by atoms with E-state index in [0.29, 0.717) is 12.0 Å². The van der Waals surface area contributed by atoms with Gasteiger partial charge in [-0.25, -0.2) is 0 Å². The second-order valence-corrected chi connectivity index (χ2v) is 5.12. The lowest BCUT2D eigenvalue weighted by atomic mass is 10.1. The van der Waals surface area contributed by atoms with E-state index in [4.69, 9.17) is 4.74 Å². The molecule has 0 aromatic heterocycles. The monoisotopic (exact) mass is 296 g/mol. The maximum Gasteiger partial charge on any atom is 0.306 e. The second-order valence-electron chi connectivity index (χ2n) is 5.12. The minimum atomic E-state index is -0.345. The first-order chi connectivity index (χ1) is 10.7. The molecule has 22 heavy (non-hydrogen) atoms. The van der Waals surface area contributed by atoms with Crippen LogP contribution in [-0.2, 0) is 22.4 Å². The Morgan fingerprint density at radius 2 is 1.59 bits per heavy atom. The average Bonchev–Trinajstić information content (AvgIpc) is 2.58. The summed E-state index contributed by atoms with van der Waals surface area (Å²) in [5.41, 5.74) is 2.84. The summed E-state index contributed by atoms with van der Waals surface area (Å²) in [5, 5.41) is 0. The number of esters is 1. The molecule has 0 saturated carbocycles. The maximum absolute atomic E-state index is 11.9. The lowest BCUT2D eigenvalue weighted by Gasteiger charge is -2.05. The van der Waals surface area contributed by atoms with E-state index in [9.17, 15) is 9.59 Å². The number of rotatable bonds is 7. The Balaban J connectivity index is 1.76. The van der Waals surface area contributed by atoms with Gasteiger partial charge in [-0.2, -0.15) is 0 Å². The predicted octanol–water partition coefficient (Wildman–Crippen LogP) is 3.61. The number of hydrogen-bond donors (Lipinski definition) is 0. The van der Waals surface area contributed by atoms with Crippen molar-refractivity contribution in [3.8, 4) is 0 Å². The van der Waals surface area contributed by atoms with E-state index < -0.39 is 0 Å². The quantitative estimate of drug-likeness (QED) is 0.579.